The highest BCUT2D eigenvalue weighted by Crippen LogP contribution is 2.15. The first-order valence-electron chi connectivity index (χ1n) is 6.83. The number of aliphatic carboxylic acids is 1. The van der Waals surface area contributed by atoms with Gasteiger partial charge in [0, 0.05) is 0 Å². The van der Waals surface area contributed by atoms with Crippen molar-refractivity contribution in [3.05, 3.63) is 35.9 Å². The first kappa shape index (κ1) is 14.5. The second-order valence-corrected chi connectivity index (χ2v) is 5.21. The van der Waals surface area contributed by atoms with E-state index in [-0.39, 0.29) is 18.4 Å². The first-order chi connectivity index (χ1) is 9.58. The molecular weight excluding hydrogens is 256 g/mol. The number of carbonyl (C=O) groups is 2. The zero-order chi connectivity index (χ0) is 14.5. The summed E-state index contributed by atoms with van der Waals surface area (Å²) in [4.78, 5) is 25.3. The van der Waals surface area contributed by atoms with Crippen molar-refractivity contribution in [3.63, 3.8) is 0 Å². The fourth-order valence-corrected chi connectivity index (χ4v) is 2.55. The molecule has 1 aliphatic rings. The Morgan fingerprint density at radius 1 is 1.40 bits per heavy atom. The maximum Gasteiger partial charge on any atom is 0.237 e. The summed E-state index contributed by atoms with van der Waals surface area (Å²) in [5.41, 5.74) is 0.863. The molecule has 1 fully saturated rings. The molecule has 20 heavy (non-hydrogen) atoms. The molecule has 0 aliphatic carbocycles. The molecule has 0 saturated carbocycles. The van der Waals surface area contributed by atoms with Gasteiger partial charge in [-0.15, -0.1) is 0 Å². The first-order valence-corrected chi connectivity index (χ1v) is 6.83. The van der Waals surface area contributed by atoms with E-state index >= 15 is 0 Å². The minimum Gasteiger partial charge on any atom is -0.548 e. The Kier molecular flexibility index (Phi) is 4.74. The van der Waals surface area contributed by atoms with Crippen LogP contribution in [0.5, 0.6) is 0 Å². The summed E-state index contributed by atoms with van der Waals surface area (Å²) in [5.74, 6) is -1.47. The van der Waals surface area contributed by atoms with Gasteiger partial charge >= 0.3 is 0 Å². The monoisotopic (exact) mass is 275 g/mol. The van der Waals surface area contributed by atoms with Crippen molar-refractivity contribution in [1.82, 2.24) is 10.2 Å². The van der Waals surface area contributed by atoms with E-state index in [2.05, 4.69) is 5.32 Å². The highest BCUT2D eigenvalue weighted by molar-refractivity contribution is 5.86. The van der Waals surface area contributed by atoms with Crippen molar-refractivity contribution in [2.45, 2.75) is 31.3 Å². The van der Waals surface area contributed by atoms with Gasteiger partial charge in [-0.05, 0) is 38.4 Å². The maximum atomic E-state index is 12.1. The van der Waals surface area contributed by atoms with Crippen molar-refractivity contribution in [2.75, 3.05) is 13.6 Å². The third kappa shape index (κ3) is 3.57. The summed E-state index contributed by atoms with van der Waals surface area (Å²) in [7, 11) is 1.88. The number of carboxylic acids is 1. The van der Waals surface area contributed by atoms with Crippen LogP contribution in [0.25, 0.3) is 0 Å². The van der Waals surface area contributed by atoms with Gasteiger partial charge in [-0.2, -0.15) is 0 Å². The molecular formula is C15H19N2O3-. The molecule has 5 nitrogen and oxygen atoms in total. The van der Waals surface area contributed by atoms with Gasteiger partial charge in [0.05, 0.1) is 18.1 Å². The van der Waals surface area contributed by atoms with Crippen LogP contribution in [0.4, 0.5) is 0 Å². The van der Waals surface area contributed by atoms with E-state index < -0.39 is 12.0 Å². The van der Waals surface area contributed by atoms with E-state index in [1.165, 1.54) is 0 Å². The van der Waals surface area contributed by atoms with Crippen LogP contribution < -0.4 is 10.4 Å². The average Bonchev–Trinajstić information content (AvgIpc) is 2.85. The molecule has 0 aromatic heterocycles. The molecule has 1 heterocycles. The highest BCUT2D eigenvalue weighted by atomic mass is 16.4. The Labute approximate surface area is 118 Å². The summed E-state index contributed by atoms with van der Waals surface area (Å²) >= 11 is 0. The van der Waals surface area contributed by atoms with Gasteiger partial charge in [0.25, 0.3) is 0 Å². The topological polar surface area (TPSA) is 72.5 Å². The van der Waals surface area contributed by atoms with Gasteiger partial charge < -0.3 is 15.2 Å². The van der Waals surface area contributed by atoms with Gasteiger partial charge in [0.1, 0.15) is 0 Å². The lowest BCUT2D eigenvalue weighted by Crippen LogP contribution is -2.53. The van der Waals surface area contributed by atoms with E-state index in [0.717, 1.165) is 24.9 Å². The normalized spacial score (nSPS) is 20.6. The van der Waals surface area contributed by atoms with Crippen molar-refractivity contribution in [1.29, 1.82) is 0 Å². The summed E-state index contributed by atoms with van der Waals surface area (Å²) < 4.78 is 0. The molecule has 2 atom stereocenters. The van der Waals surface area contributed by atoms with Crippen LogP contribution in [0.2, 0.25) is 0 Å². The molecule has 2 rings (SSSR count). The number of likely N-dealkylation sites (tertiary alicyclic amines) is 1. The smallest absolute Gasteiger partial charge is 0.237 e. The third-order valence-electron chi connectivity index (χ3n) is 3.71. The van der Waals surface area contributed by atoms with Crippen LogP contribution in [0, 0.1) is 0 Å². The molecule has 5 heteroatoms. The van der Waals surface area contributed by atoms with E-state index in [1.54, 1.807) is 0 Å². The number of benzene rings is 1. The Hall–Kier alpha value is -1.88. The number of carboxylic acid groups (broad SMARTS) is 1. The molecule has 1 aromatic carbocycles. The Morgan fingerprint density at radius 3 is 2.65 bits per heavy atom. The number of carbonyl (C=O) groups excluding carboxylic acids is 2. The fourth-order valence-electron chi connectivity index (χ4n) is 2.55. The number of hydrogen-bond acceptors (Lipinski definition) is 4. The number of hydrogen-bond donors (Lipinski definition) is 1. The molecule has 0 radical (unpaired) electrons. The van der Waals surface area contributed by atoms with Crippen LogP contribution in [-0.4, -0.2) is 42.5 Å². The Balaban J connectivity index is 1.99. The Bertz CT molecular complexity index is 475. The average molecular weight is 275 g/mol. The van der Waals surface area contributed by atoms with Crippen LogP contribution in [-0.2, 0) is 16.0 Å². The van der Waals surface area contributed by atoms with Crippen LogP contribution in [0.3, 0.4) is 0 Å². The quantitative estimate of drug-likeness (QED) is 0.790. The van der Waals surface area contributed by atoms with Crippen LogP contribution in [0.15, 0.2) is 30.3 Å². The molecule has 0 unspecified atom stereocenters. The summed E-state index contributed by atoms with van der Waals surface area (Å²) in [6, 6.07) is 8.01. The van der Waals surface area contributed by atoms with Gasteiger partial charge in [0.2, 0.25) is 5.91 Å². The standard InChI is InChI=1S/C15H20N2O3/c1-17-9-5-8-13(17)14(18)16-12(15(19)20)10-11-6-3-2-4-7-11/h2-4,6-7,12-13H,5,8-10H2,1H3,(H,16,18)(H,19,20)/p-1/t12-,13-/m0/s1. The third-order valence-corrected chi connectivity index (χ3v) is 3.71. The van der Waals surface area contributed by atoms with Gasteiger partial charge in [-0.1, -0.05) is 30.3 Å². The van der Waals surface area contributed by atoms with E-state index in [0.29, 0.717) is 0 Å². The number of rotatable bonds is 5. The summed E-state index contributed by atoms with van der Waals surface area (Å²) in [5, 5.41) is 13.8. The van der Waals surface area contributed by atoms with Gasteiger partial charge in [-0.25, -0.2) is 0 Å². The molecule has 1 saturated heterocycles. The lowest BCUT2D eigenvalue weighted by atomic mass is 10.1. The lowest BCUT2D eigenvalue weighted by Gasteiger charge is -2.24. The second-order valence-electron chi connectivity index (χ2n) is 5.21. The van der Waals surface area contributed by atoms with Crippen molar-refractivity contribution >= 4 is 11.9 Å². The molecule has 1 N–H and O–H groups in total. The largest absolute Gasteiger partial charge is 0.548 e. The molecule has 108 valence electrons. The second kappa shape index (κ2) is 6.52. The molecule has 1 aliphatic heterocycles. The molecule has 1 aromatic rings. The Morgan fingerprint density at radius 2 is 2.10 bits per heavy atom. The molecule has 0 bridgehead atoms. The molecule has 0 spiro atoms. The predicted molar refractivity (Wildman–Crippen MR) is 72.7 cm³/mol. The van der Waals surface area contributed by atoms with Crippen molar-refractivity contribution in [2.24, 2.45) is 0 Å². The minimum absolute atomic E-state index is 0.227. The van der Waals surface area contributed by atoms with Crippen LogP contribution in [0.1, 0.15) is 18.4 Å². The number of amides is 1. The highest BCUT2D eigenvalue weighted by Gasteiger charge is 2.29. The van der Waals surface area contributed by atoms with Gasteiger partial charge in [0.15, 0.2) is 0 Å². The summed E-state index contributed by atoms with van der Waals surface area (Å²) in [6.45, 7) is 0.868. The summed E-state index contributed by atoms with van der Waals surface area (Å²) in [6.07, 6.45) is 1.97. The number of likely N-dealkylation sites (N-methyl/N-ethyl adjacent to an activating group) is 1. The predicted octanol–water partition coefficient (Wildman–Crippen LogP) is -0.442. The van der Waals surface area contributed by atoms with Crippen molar-refractivity contribution < 1.29 is 14.7 Å². The van der Waals surface area contributed by atoms with E-state index in [1.807, 2.05) is 42.3 Å². The van der Waals surface area contributed by atoms with Gasteiger partial charge in [-0.3, -0.25) is 9.69 Å². The zero-order valence-corrected chi connectivity index (χ0v) is 11.5. The lowest BCUT2D eigenvalue weighted by molar-refractivity contribution is -0.308. The fraction of sp³-hybridized carbons (Fsp3) is 0.467. The number of nitrogens with zero attached hydrogens (tertiary/aromatic N) is 1. The molecule has 1 amide bonds. The van der Waals surface area contributed by atoms with E-state index in [9.17, 15) is 14.7 Å². The maximum absolute atomic E-state index is 12.1. The van der Waals surface area contributed by atoms with Crippen molar-refractivity contribution in [3.8, 4) is 0 Å². The van der Waals surface area contributed by atoms with E-state index in [4.69, 9.17) is 0 Å². The van der Waals surface area contributed by atoms with Crippen LogP contribution >= 0.6 is 0 Å². The number of nitrogens with one attached hydrogen (secondary N) is 1. The zero-order valence-electron chi connectivity index (χ0n) is 11.5. The SMILES string of the molecule is CN1CCC[C@H]1C(=O)N[C@@H](Cc1ccccc1)C(=O)[O-]. The minimum atomic E-state index is -1.25.